The molecule has 202 valence electrons. The number of carboxylic acid groups (broad SMARTS) is 1. The summed E-state index contributed by atoms with van der Waals surface area (Å²) >= 11 is 0. The molecule has 0 saturated carbocycles. The Bertz CT molecular complexity index is 1720. The molecule has 0 fully saturated rings. The van der Waals surface area contributed by atoms with Crippen LogP contribution in [0.4, 0.5) is 26.7 Å². The van der Waals surface area contributed by atoms with Gasteiger partial charge in [-0.2, -0.15) is 5.26 Å². The summed E-state index contributed by atoms with van der Waals surface area (Å²) < 4.78 is 14.8. The van der Waals surface area contributed by atoms with Crippen molar-refractivity contribution in [3.63, 3.8) is 0 Å². The molecule has 4 N–H and O–H groups in total. The Morgan fingerprint density at radius 2 is 1.62 bits per heavy atom. The van der Waals surface area contributed by atoms with Crippen molar-refractivity contribution in [1.82, 2.24) is 5.16 Å². The van der Waals surface area contributed by atoms with Crippen molar-refractivity contribution >= 4 is 52.1 Å². The van der Waals surface area contributed by atoms with Crippen LogP contribution in [0.5, 0.6) is 0 Å². The highest BCUT2D eigenvalue weighted by atomic mass is 16.5. The van der Waals surface area contributed by atoms with Gasteiger partial charge in [-0.25, -0.2) is 14.4 Å². The largest absolute Gasteiger partial charge is 0.478 e. The van der Waals surface area contributed by atoms with Crippen LogP contribution in [-0.2, 0) is 9.47 Å². The summed E-state index contributed by atoms with van der Waals surface area (Å²) in [5.41, 5.74) is 2.44. The van der Waals surface area contributed by atoms with E-state index in [4.69, 9.17) is 14.5 Å². The van der Waals surface area contributed by atoms with Gasteiger partial charge in [-0.15, -0.1) is 0 Å². The molecule has 0 aliphatic rings. The van der Waals surface area contributed by atoms with Crippen molar-refractivity contribution in [3.05, 3.63) is 70.9 Å². The number of anilines is 3. The topological polar surface area (TPSA) is 193 Å². The number of amides is 3. The van der Waals surface area contributed by atoms with Crippen molar-refractivity contribution in [1.29, 1.82) is 5.26 Å². The molecule has 0 spiro atoms. The van der Waals surface area contributed by atoms with E-state index in [0.717, 1.165) is 11.6 Å². The number of aromatic carboxylic acids is 1. The number of methoxy groups -OCH3 is 2. The van der Waals surface area contributed by atoms with Crippen LogP contribution in [0, 0.1) is 18.3 Å². The maximum Gasteiger partial charge on any atom is 0.411 e. The van der Waals surface area contributed by atoms with E-state index in [9.17, 15) is 24.3 Å². The summed E-state index contributed by atoms with van der Waals surface area (Å²) in [7, 11) is 2.44. The molecular weight excluding hydrogens is 522 g/mol. The number of aryl methyl sites for hydroxylation is 1. The van der Waals surface area contributed by atoms with Gasteiger partial charge in [-0.1, -0.05) is 11.2 Å². The molecule has 4 aromatic rings. The van der Waals surface area contributed by atoms with Gasteiger partial charge in [0, 0.05) is 11.3 Å². The van der Waals surface area contributed by atoms with Gasteiger partial charge in [0.1, 0.15) is 0 Å². The van der Waals surface area contributed by atoms with E-state index in [0.29, 0.717) is 16.8 Å². The van der Waals surface area contributed by atoms with Crippen LogP contribution in [0.2, 0.25) is 0 Å². The Kier molecular flexibility index (Phi) is 7.62. The zero-order valence-corrected chi connectivity index (χ0v) is 21.3. The fourth-order valence-electron chi connectivity index (χ4n) is 3.93. The molecule has 13 heteroatoms. The highest BCUT2D eigenvalue weighted by Gasteiger charge is 2.23. The van der Waals surface area contributed by atoms with Gasteiger partial charge in [0.15, 0.2) is 11.3 Å². The number of benzene rings is 3. The van der Waals surface area contributed by atoms with E-state index in [1.54, 1.807) is 31.2 Å². The van der Waals surface area contributed by atoms with Crippen LogP contribution < -0.4 is 16.0 Å². The highest BCUT2D eigenvalue weighted by Crippen LogP contribution is 2.37. The first-order valence-electron chi connectivity index (χ1n) is 11.5. The lowest BCUT2D eigenvalue weighted by atomic mass is 9.97. The first-order chi connectivity index (χ1) is 19.1. The number of carbonyl (C=O) groups is 4. The molecule has 0 unspecified atom stereocenters. The van der Waals surface area contributed by atoms with Gasteiger partial charge >= 0.3 is 18.2 Å². The number of aromatic nitrogens is 1. The molecule has 1 heterocycles. The standard InChI is InChI=1S/C27H21N5O8/c1-13-8-15(29-26(36)38-2)5-6-16(13)17-11-22-19(10-21(17)31-27(37)39-3)23(32-40-22)24(33)30-20-7-4-14(12-28)9-18(20)25(34)35/h4-11H,1-3H3,(H,29,36)(H,30,33)(H,31,37)(H,34,35). The van der Waals surface area contributed by atoms with E-state index in [-0.39, 0.29) is 39.2 Å². The summed E-state index contributed by atoms with van der Waals surface area (Å²) in [5.74, 6) is -2.12. The second-order valence-electron chi connectivity index (χ2n) is 8.32. The second-order valence-corrected chi connectivity index (χ2v) is 8.32. The number of carboxylic acids is 1. The van der Waals surface area contributed by atoms with E-state index in [1.165, 1.54) is 32.4 Å². The number of rotatable bonds is 6. The summed E-state index contributed by atoms with van der Waals surface area (Å²) in [4.78, 5) is 48.5. The zero-order valence-electron chi connectivity index (χ0n) is 21.3. The van der Waals surface area contributed by atoms with Crippen molar-refractivity contribution in [2.45, 2.75) is 6.92 Å². The SMILES string of the molecule is COC(=O)Nc1ccc(-c2cc3onc(C(=O)Nc4ccc(C#N)cc4C(=O)O)c3cc2NC(=O)OC)c(C)c1. The number of nitriles is 1. The molecule has 0 atom stereocenters. The van der Waals surface area contributed by atoms with Gasteiger partial charge < -0.3 is 24.4 Å². The van der Waals surface area contributed by atoms with Gasteiger partial charge in [0.2, 0.25) is 0 Å². The molecule has 4 rings (SSSR count). The molecule has 3 amide bonds. The van der Waals surface area contributed by atoms with Gasteiger partial charge in [-0.3, -0.25) is 15.4 Å². The summed E-state index contributed by atoms with van der Waals surface area (Å²) in [6, 6.07) is 13.8. The molecule has 0 radical (unpaired) electrons. The number of hydrogen-bond donors (Lipinski definition) is 4. The Labute approximate surface area is 226 Å². The summed E-state index contributed by atoms with van der Waals surface area (Å²) in [6.07, 6.45) is -1.40. The van der Waals surface area contributed by atoms with E-state index < -0.39 is 24.1 Å². The minimum absolute atomic E-state index is 0.0477. The summed E-state index contributed by atoms with van der Waals surface area (Å²) in [6.45, 7) is 1.79. The smallest absolute Gasteiger partial charge is 0.411 e. The number of ether oxygens (including phenoxy) is 2. The van der Waals surface area contributed by atoms with Crippen molar-refractivity contribution in [2.24, 2.45) is 0 Å². The average Bonchev–Trinajstić information content (AvgIpc) is 3.35. The van der Waals surface area contributed by atoms with E-state index in [2.05, 4.69) is 25.8 Å². The Hall–Kier alpha value is -5.90. The maximum absolute atomic E-state index is 13.1. The second kappa shape index (κ2) is 11.2. The number of nitrogens with zero attached hydrogens (tertiary/aromatic N) is 2. The molecule has 0 bridgehead atoms. The number of carbonyl (C=O) groups excluding carboxylic acids is 3. The van der Waals surface area contributed by atoms with Gasteiger partial charge in [0.25, 0.3) is 5.91 Å². The molecule has 0 aliphatic heterocycles. The lowest BCUT2D eigenvalue weighted by Crippen LogP contribution is -2.16. The quantitative estimate of drug-likeness (QED) is 0.258. The first kappa shape index (κ1) is 27.1. The Balaban J connectivity index is 1.76. The van der Waals surface area contributed by atoms with E-state index >= 15 is 0 Å². The molecule has 0 saturated heterocycles. The number of nitrogens with one attached hydrogen (secondary N) is 3. The third-order valence-corrected chi connectivity index (χ3v) is 5.82. The van der Waals surface area contributed by atoms with Crippen LogP contribution in [0.3, 0.4) is 0 Å². The fraction of sp³-hybridized carbons (Fsp3) is 0.111. The van der Waals surface area contributed by atoms with Crippen molar-refractivity contribution < 1.29 is 38.3 Å². The van der Waals surface area contributed by atoms with Crippen LogP contribution in [0.25, 0.3) is 22.1 Å². The molecule has 0 aliphatic carbocycles. The van der Waals surface area contributed by atoms with E-state index in [1.807, 2.05) is 6.07 Å². The number of fused-ring (bicyclic) bond motifs is 1. The zero-order chi connectivity index (χ0) is 29.0. The lowest BCUT2D eigenvalue weighted by Gasteiger charge is -2.14. The molecular formula is C27H21N5O8. The third-order valence-electron chi connectivity index (χ3n) is 5.82. The van der Waals surface area contributed by atoms with Crippen molar-refractivity contribution in [3.8, 4) is 17.2 Å². The maximum atomic E-state index is 13.1. The minimum Gasteiger partial charge on any atom is -0.478 e. The highest BCUT2D eigenvalue weighted by molar-refractivity contribution is 6.14. The monoisotopic (exact) mass is 543 g/mol. The fourth-order valence-corrected chi connectivity index (χ4v) is 3.93. The van der Waals surface area contributed by atoms with Crippen molar-refractivity contribution in [2.75, 3.05) is 30.2 Å². The van der Waals surface area contributed by atoms with Crippen LogP contribution in [0.15, 0.2) is 53.1 Å². The van der Waals surface area contributed by atoms with Gasteiger partial charge in [0.05, 0.1) is 48.2 Å². The van der Waals surface area contributed by atoms with Gasteiger partial charge in [-0.05, 0) is 60.5 Å². The Morgan fingerprint density at radius 3 is 2.27 bits per heavy atom. The average molecular weight is 543 g/mol. The predicted molar refractivity (Wildman–Crippen MR) is 142 cm³/mol. The van der Waals surface area contributed by atoms with Crippen LogP contribution in [-0.4, -0.2) is 48.5 Å². The van der Waals surface area contributed by atoms with Crippen LogP contribution in [0.1, 0.15) is 32.0 Å². The van der Waals surface area contributed by atoms with Crippen LogP contribution >= 0.6 is 0 Å². The predicted octanol–water partition coefficient (Wildman–Crippen LogP) is 4.98. The number of hydrogen-bond acceptors (Lipinski definition) is 9. The Morgan fingerprint density at radius 1 is 0.900 bits per heavy atom. The lowest BCUT2D eigenvalue weighted by molar-refractivity contribution is 0.0698. The normalized spacial score (nSPS) is 10.3. The molecule has 13 nitrogen and oxygen atoms in total. The molecule has 1 aromatic heterocycles. The third kappa shape index (κ3) is 5.50. The minimum atomic E-state index is -1.34. The molecule has 40 heavy (non-hydrogen) atoms. The summed E-state index contributed by atoms with van der Waals surface area (Å²) in [5, 5.41) is 30.3. The molecule has 3 aromatic carbocycles. The first-order valence-corrected chi connectivity index (χ1v) is 11.5.